The molecule has 0 bridgehead atoms. The summed E-state index contributed by atoms with van der Waals surface area (Å²) >= 11 is 0.903. The summed E-state index contributed by atoms with van der Waals surface area (Å²) in [5, 5.41) is 6.39. The minimum Gasteiger partial charge on any atom is -0.491 e. The molecule has 2 heterocycles. The van der Waals surface area contributed by atoms with Crippen LogP contribution < -0.4 is 19.7 Å². The quantitative estimate of drug-likeness (QED) is 0.195. The summed E-state index contributed by atoms with van der Waals surface area (Å²) in [5.41, 5.74) is 1.05. The number of nitrogens with zero attached hydrogens (tertiary/aromatic N) is 5. The SMILES string of the molecule is Cc1ccc(OCCC(F)(F)F)c(N2C(=O)CS/C2=N\C(=O)Nc2ccc(-c3ncn(-c4ccc(OC(F)(F)F)cc4)n3)cc2F)c1. The summed E-state index contributed by atoms with van der Waals surface area (Å²) in [6.45, 7) is 1.00. The van der Waals surface area contributed by atoms with Crippen LogP contribution in [0.2, 0.25) is 0 Å². The number of hydrogen-bond acceptors (Lipinski definition) is 7. The van der Waals surface area contributed by atoms with E-state index in [2.05, 4.69) is 25.1 Å². The molecule has 1 aromatic heterocycles. The highest BCUT2D eigenvalue weighted by atomic mass is 32.2. The first kappa shape index (κ1) is 33.2. The number of aliphatic imine (C=N–C) groups is 1. The Morgan fingerprint density at radius 2 is 1.79 bits per heavy atom. The van der Waals surface area contributed by atoms with Crippen molar-refractivity contribution in [3.8, 4) is 28.6 Å². The lowest BCUT2D eigenvalue weighted by Crippen LogP contribution is -2.31. The van der Waals surface area contributed by atoms with Crippen LogP contribution in [0.25, 0.3) is 17.1 Å². The van der Waals surface area contributed by atoms with Crippen LogP contribution >= 0.6 is 11.8 Å². The van der Waals surface area contributed by atoms with Crippen molar-refractivity contribution in [2.75, 3.05) is 22.6 Å². The first-order valence-electron chi connectivity index (χ1n) is 13.4. The zero-order chi connectivity index (χ0) is 33.9. The van der Waals surface area contributed by atoms with Crippen molar-refractivity contribution in [2.45, 2.75) is 25.9 Å². The summed E-state index contributed by atoms with van der Waals surface area (Å²) in [7, 11) is 0. The zero-order valence-corrected chi connectivity index (χ0v) is 24.7. The predicted octanol–water partition coefficient (Wildman–Crippen LogP) is 7.28. The molecule has 3 aromatic carbocycles. The van der Waals surface area contributed by atoms with Crippen LogP contribution in [0, 0.1) is 12.7 Å². The Morgan fingerprint density at radius 1 is 1.04 bits per heavy atom. The molecule has 0 spiro atoms. The number of amides is 3. The van der Waals surface area contributed by atoms with Gasteiger partial charge in [-0.25, -0.2) is 18.9 Å². The fourth-order valence-electron chi connectivity index (χ4n) is 4.19. The lowest BCUT2D eigenvalue weighted by Gasteiger charge is -2.20. The average Bonchev–Trinajstić information content (AvgIpc) is 3.61. The van der Waals surface area contributed by atoms with Gasteiger partial charge in [0, 0.05) is 5.56 Å². The Kier molecular flexibility index (Phi) is 9.41. The molecule has 1 aliphatic rings. The molecule has 0 unspecified atom stereocenters. The standard InChI is InChI=1S/C29H21F7N6O4S/c1-16-2-9-23(45-11-10-28(31,32)33)22(12-16)42-24(43)14-47-27(42)39-26(44)38-21-8-3-17(13-20(21)30)25-37-15-41(40-25)18-4-6-19(7-5-18)46-29(34,35)36/h2-9,12-13,15H,10-11,14H2,1H3,(H,38,44)/b39-27-. The van der Waals surface area contributed by atoms with E-state index in [1.807, 2.05) is 0 Å². The number of urea groups is 1. The number of carbonyl (C=O) groups is 2. The van der Waals surface area contributed by atoms with Crippen LogP contribution in [0.15, 0.2) is 72.0 Å². The lowest BCUT2D eigenvalue weighted by molar-refractivity contribution is -0.274. The van der Waals surface area contributed by atoms with Crippen molar-refractivity contribution < 1.29 is 49.8 Å². The highest BCUT2D eigenvalue weighted by Gasteiger charge is 2.34. The number of ether oxygens (including phenoxy) is 2. The number of carbonyl (C=O) groups excluding carboxylic acids is 2. The number of hydrogen-bond donors (Lipinski definition) is 1. The number of halogens is 7. The largest absolute Gasteiger partial charge is 0.573 e. The van der Waals surface area contributed by atoms with Crippen molar-refractivity contribution in [2.24, 2.45) is 4.99 Å². The monoisotopic (exact) mass is 682 g/mol. The molecule has 3 amide bonds. The summed E-state index contributed by atoms with van der Waals surface area (Å²) in [4.78, 5) is 34.6. The number of rotatable bonds is 8. The van der Waals surface area contributed by atoms with E-state index in [1.54, 1.807) is 13.0 Å². The van der Waals surface area contributed by atoms with Gasteiger partial charge in [0.15, 0.2) is 11.0 Å². The van der Waals surface area contributed by atoms with Crippen molar-refractivity contribution >= 4 is 40.2 Å². The molecular weight excluding hydrogens is 661 g/mol. The highest BCUT2D eigenvalue weighted by molar-refractivity contribution is 8.15. The third kappa shape index (κ3) is 8.57. The molecule has 0 saturated carbocycles. The lowest BCUT2D eigenvalue weighted by atomic mass is 10.2. The third-order valence-electron chi connectivity index (χ3n) is 6.26. The maximum absolute atomic E-state index is 15.0. The number of anilines is 2. The molecule has 4 aromatic rings. The first-order chi connectivity index (χ1) is 22.1. The summed E-state index contributed by atoms with van der Waals surface area (Å²) in [6.07, 6.45) is -9.24. The van der Waals surface area contributed by atoms with Crippen molar-refractivity contribution in [3.63, 3.8) is 0 Å². The van der Waals surface area contributed by atoms with E-state index in [-0.39, 0.29) is 39.4 Å². The molecule has 246 valence electrons. The smallest absolute Gasteiger partial charge is 0.491 e. The van der Waals surface area contributed by atoms with Gasteiger partial charge in [-0.15, -0.1) is 18.3 Å². The number of nitrogens with one attached hydrogen (secondary N) is 1. The molecule has 5 rings (SSSR count). The van der Waals surface area contributed by atoms with Gasteiger partial charge in [0.25, 0.3) is 0 Å². The molecule has 47 heavy (non-hydrogen) atoms. The van der Waals surface area contributed by atoms with Crippen LogP contribution in [0.1, 0.15) is 12.0 Å². The van der Waals surface area contributed by atoms with Crippen LogP contribution in [0.5, 0.6) is 11.5 Å². The highest BCUT2D eigenvalue weighted by Crippen LogP contribution is 2.36. The van der Waals surface area contributed by atoms with Gasteiger partial charge in [-0.3, -0.25) is 9.69 Å². The van der Waals surface area contributed by atoms with Gasteiger partial charge in [-0.2, -0.15) is 18.2 Å². The predicted molar refractivity (Wildman–Crippen MR) is 157 cm³/mol. The van der Waals surface area contributed by atoms with E-state index in [9.17, 15) is 35.9 Å². The summed E-state index contributed by atoms with van der Waals surface area (Å²) in [6, 6.07) is 12.0. The normalized spacial score (nSPS) is 14.5. The van der Waals surface area contributed by atoms with Gasteiger partial charge in [-0.1, -0.05) is 17.8 Å². The molecule has 1 fully saturated rings. The summed E-state index contributed by atoms with van der Waals surface area (Å²) < 4.78 is 101. The van der Waals surface area contributed by atoms with Crippen molar-refractivity contribution in [1.29, 1.82) is 0 Å². The molecule has 0 atom stereocenters. The van der Waals surface area contributed by atoms with E-state index < -0.39 is 49.1 Å². The number of amidine groups is 1. The third-order valence-corrected chi connectivity index (χ3v) is 7.18. The zero-order valence-electron chi connectivity index (χ0n) is 23.9. The molecule has 0 aliphatic carbocycles. The first-order valence-corrected chi connectivity index (χ1v) is 14.4. The molecule has 10 nitrogen and oxygen atoms in total. The Balaban J connectivity index is 1.29. The van der Waals surface area contributed by atoms with Gasteiger partial charge in [0.1, 0.15) is 23.6 Å². The van der Waals surface area contributed by atoms with Crippen LogP contribution in [0.3, 0.4) is 0 Å². The van der Waals surface area contributed by atoms with E-state index in [0.717, 1.165) is 34.9 Å². The Hall–Kier alpha value is -5.13. The van der Waals surface area contributed by atoms with E-state index in [4.69, 9.17) is 4.74 Å². The number of thioether (sulfide) groups is 1. The van der Waals surface area contributed by atoms with Gasteiger partial charge in [0.2, 0.25) is 5.91 Å². The number of aromatic nitrogens is 3. The fourth-order valence-corrected chi connectivity index (χ4v) is 5.05. The average molecular weight is 683 g/mol. The summed E-state index contributed by atoms with van der Waals surface area (Å²) in [5.74, 6) is -1.87. The van der Waals surface area contributed by atoms with Gasteiger partial charge >= 0.3 is 18.6 Å². The number of alkyl halides is 6. The van der Waals surface area contributed by atoms with Gasteiger partial charge < -0.3 is 14.8 Å². The molecule has 1 N–H and O–H groups in total. The second-order valence-corrected chi connectivity index (χ2v) is 10.7. The fraction of sp³-hybridized carbons (Fsp3) is 0.207. The van der Waals surface area contributed by atoms with E-state index >= 15 is 4.39 Å². The number of aryl methyl sites for hydroxylation is 1. The van der Waals surface area contributed by atoms with Crippen LogP contribution in [-0.4, -0.2) is 56.8 Å². The van der Waals surface area contributed by atoms with Gasteiger partial charge in [0.05, 0.1) is 35.8 Å². The van der Waals surface area contributed by atoms with Crippen molar-refractivity contribution in [3.05, 3.63) is 78.4 Å². The Bertz CT molecular complexity index is 1830. The minimum absolute atomic E-state index is 0.0195. The molecule has 1 saturated heterocycles. The van der Waals surface area contributed by atoms with E-state index in [0.29, 0.717) is 11.3 Å². The topological polar surface area (TPSA) is 111 Å². The van der Waals surface area contributed by atoms with Crippen molar-refractivity contribution in [1.82, 2.24) is 14.8 Å². The Morgan fingerprint density at radius 3 is 2.47 bits per heavy atom. The Labute approximate surface area is 265 Å². The molecule has 1 aliphatic heterocycles. The van der Waals surface area contributed by atoms with Crippen LogP contribution in [0.4, 0.5) is 46.9 Å². The minimum atomic E-state index is -4.84. The maximum Gasteiger partial charge on any atom is 0.573 e. The second-order valence-electron chi connectivity index (χ2n) is 9.78. The maximum atomic E-state index is 15.0. The van der Waals surface area contributed by atoms with Gasteiger partial charge in [-0.05, 0) is 67.1 Å². The van der Waals surface area contributed by atoms with Crippen LogP contribution in [-0.2, 0) is 4.79 Å². The molecule has 18 heteroatoms. The van der Waals surface area contributed by atoms with E-state index in [1.165, 1.54) is 47.4 Å². The number of benzene rings is 3. The molecular formula is C29H21F7N6O4S. The molecule has 0 radical (unpaired) electrons. The second kappa shape index (κ2) is 13.3.